The van der Waals surface area contributed by atoms with Crippen LogP contribution >= 0.6 is 11.3 Å². The van der Waals surface area contributed by atoms with Gasteiger partial charge in [-0.05, 0) is 39.8 Å². The van der Waals surface area contributed by atoms with Crippen LogP contribution in [-0.4, -0.2) is 36.6 Å². The Labute approximate surface area is 196 Å². The maximum absolute atomic E-state index is 12.8. The van der Waals surface area contributed by atoms with E-state index in [-0.39, 0.29) is 5.56 Å². The summed E-state index contributed by atoms with van der Waals surface area (Å²) >= 11 is 1.26. The number of aryl methyl sites for hydroxylation is 1. The second kappa shape index (κ2) is 11.3. The van der Waals surface area contributed by atoms with Crippen LogP contribution in [0.4, 0.5) is 0 Å². The van der Waals surface area contributed by atoms with Crippen LogP contribution in [0.15, 0.2) is 42.5 Å². The molecule has 0 aliphatic carbocycles. The van der Waals surface area contributed by atoms with Crippen molar-refractivity contribution >= 4 is 23.2 Å². The van der Waals surface area contributed by atoms with Gasteiger partial charge >= 0.3 is 0 Å². The summed E-state index contributed by atoms with van der Waals surface area (Å²) in [7, 11) is 0. The normalized spacial score (nSPS) is 10.4. The van der Waals surface area contributed by atoms with Crippen LogP contribution in [0.3, 0.4) is 0 Å². The van der Waals surface area contributed by atoms with E-state index in [1.54, 1.807) is 12.1 Å². The lowest BCUT2D eigenvalue weighted by molar-refractivity contribution is 0.0848. The van der Waals surface area contributed by atoms with Crippen LogP contribution in [0.25, 0.3) is 11.3 Å². The van der Waals surface area contributed by atoms with Crippen LogP contribution < -0.4 is 25.1 Å². The number of hydrogen-bond donors (Lipinski definition) is 2. The number of amides is 2. The van der Waals surface area contributed by atoms with Crippen LogP contribution in [0.5, 0.6) is 17.2 Å². The Kier molecular flexibility index (Phi) is 8.26. The van der Waals surface area contributed by atoms with E-state index in [2.05, 4.69) is 15.8 Å². The number of carbonyl (C=O) groups excluding carboxylic acids is 2. The summed E-state index contributed by atoms with van der Waals surface area (Å²) in [4.78, 5) is 30.6. The summed E-state index contributed by atoms with van der Waals surface area (Å²) in [6.07, 6.45) is 0. The molecule has 174 valence electrons. The highest BCUT2D eigenvalue weighted by Crippen LogP contribution is 2.39. The first-order valence-corrected chi connectivity index (χ1v) is 11.5. The highest BCUT2D eigenvalue weighted by atomic mass is 32.1. The van der Waals surface area contributed by atoms with Crippen LogP contribution in [0.2, 0.25) is 0 Å². The highest BCUT2D eigenvalue weighted by Gasteiger charge is 2.21. The molecule has 0 aliphatic rings. The molecule has 2 N–H and O–H groups in total. The van der Waals surface area contributed by atoms with Crippen molar-refractivity contribution < 1.29 is 23.8 Å². The molecule has 0 atom stereocenters. The first-order valence-electron chi connectivity index (χ1n) is 10.7. The molecule has 2 amide bonds. The number of nitrogens with one attached hydrogen (secondary N) is 2. The number of benzene rings is 2. The smallest absolute Gasteiger partial charge is 0.282 e. The first kappa shape index (κ1) is 24.1. The largest absolute Gasteiger partial charge is 0.490 e. The maximum Gasteiger partial charge on any atom is 0.282 e. The van der Waals surface area contributed by atoms with Crippen molar-refractivity contribution in [2.45, 2.75) is 27.7 Å². The van der Waals surface area contributed by atoms with E-state index in [1.165, 1.54) is 11.3 Å². The maximum atomic E-state index is 12.8. The summed E-state index contributed by atoms with van der Waals surface area (Å²) in [5.41, 5.74) is 6.60. The molecule has 0 unspecified atom stereocenters. The van der Waals surface area contributed by atoms with Gasteiger partial charge < -0.3 is 14.2 Å². The molecule has 3 aromatic rings. The molecule has 0 radical (unpaired) electrons. The Morgan fingerprint density at radius 3 is 2.03 bits per heavy atom. The number of hydrogen-bond acceptors (Lipinski definition) is 7. The number of hydrazine groups is 1. The molecule has 1 aromatic heterocycles. The van der Waals surface area contributed by atoms with Crippen LogP contribution in [0, 0.1) is 6.92 Å². The quantitative estimate of drug-likeness (QED) is 0.451. The molecule has 0 bridgehead atoms. The second-order valence-electron chi connectivity index (χ2n) is 6.79. The first-order chi connectivity index (χ1) is 16.0. The summed E-state index contributed by atoms with van der Waals surface area (Å²) < 4.78 is 17.0. The Bertz CT molecular complexity index is 1090. The van der Waals surface area contributed by atoms with Crippen LogP contribution in [-0.2, 0) is 0 Å². The molecule has 0 fully saturated rings. The van der Waals surface area contributed by atoms with Gasteiger partial charge in [-0.15, -0.1) is 11.3 Å². The van der Waals surface area contributed by atoms with Crippen molar-refractivity contribution in [1.29, 1.82) is 0 Å². The van der Waals surface area contributed by atoms with Crippen molar-refractivity contribution in [2.75, 3.05) is 19.8 Å². The topological polar surface area (TPSA) is 98.8 Å². The molecule has 9 heteroatoms. The zero-order valence-electron chi connectivity index (χ0n) is 19.1. The van der Waals surface area contributed by atoms with Crippen LogP contribution in [0.1, 0.15) is 45.8 Å². The van der Waals surface area contributed by atoms with Gasteiger partial charge in [0, 0.05) is 11.1 Å². The van der Waals surface area contributed by atoms with E-state index in [1.807, 2.05) is 58.0 Å². The van der Waals surface area contributed by atoms with Gasteiger partial charge in [0.05, 0.1) is 30.5 Å². The summed E-state index contributed by atoms with van der Waals surface area (Å²) in [6, 6.07) is 12.5. The van der Waals surface area contributed by atoms with E-state index in [4.69, 9.17) is 14.2 Å². The Morgan fingerprint density at radius 2 is 1.45 bits per heavy atom. The van der Waals surface area contributed by atoms with Crippen molar-refractivity contribution in [3.05, 3.63) is 57.9 Å². The molecule has 1 heterocycles. The number of ether oxygens (including phenoxy) is 3. The van der Waals surface area contributed by atoms with E-state index in [0.29, 0.717) is 47.6 Å². The zero-order chi connectivity index (χ0) is 23.8. The van der Waals surface area contributed by atoms with Gasteiger partial charge in [0.2, 0.25) is 5.75 Å². The van der Waals surface area contributed by atoms with Gasteiger partial charge in [0.25, 0.3) is 11.8 Å². The minimum Gasteiger partial charge on any atom is -0.490 e. The summed E-state index contributed by atoms with van der Waals surface area (Å²) in [5.74, 6) is 0.261. The third-order valence-electron chi connectivity index (χ3n) is 4.45. The fourth-order valence-electron chi connectivity index (χ4n) is 3.13. The average Bonchev–Trinajstić information content (AvgIpc) is 3.22. The molecule has 0 saturated carbocycles. The summed E-state index contributed by atoms with van der Waals surface area (Å²) in [6.45, 7) is 8.55. The number of nitrogens with zero attached hydrogens (tertiary/aromatic N) is 1. The SMILES string of the molecule is CCOc1cc(C(=O)NNC(=O)c2sc(C)nc2-c2ccccc2)cc(OCC)c1OCC. The number of thiazole rings is 1. The summed E-state index contributed by atoms with van der Waals surface area (Å²) in [5, 5.41) is 0.750. The number of rotatable bonds is 9. The van der Waals surface area contributed by atoms with E-state index in [9.17, 15) is 9.59 Å². The predicted molar refractivity (Wildman–Crippen MR) is 127 cm³/mol. The van der Waals surface area contributed by atoms with E-state index in [0.717, 1.165) is 10.6 Å². The molecule has 0 spiro atoms. The lowest BCUT2D eigenvalue weighted by Crippen LogP contribution is -2.41. The molecular weight excluding hydrogens is 442 g/mol. The zero-order valence-corrected chi connectivity index (χ0v) is 19.9. The fraction of sp³-hybridized carbons (Fsp3) is 0.292. The fourth-order valence-corrected chi connectivity index (χ4v) is 3.97. The van der Waals surface area contributed by atoms with E-state index < -0.39 is 11.8 Å². The minimum atomic E-state index is -0.518. The van der Waals surface area contributed by atoms with Crippen molar-refractivity contribution in [1.82, 2.24) is 15.8 Å². The molecule has 8 nitrogen and oxygen atoms in total. The standard InChI is InChI=1S/C24H27N3O5S/c1-5-30-18-13-17(14-19(31-6-2)21(18)32-7-3)23(28)26-27-24(29)22-20(25-15(4)33-22)16-11-9-8-10-12-16/h8-14H,5-7H2,1-4H3,(H,26,28)(H,27,29). The van der Waals surface area contributed by atoms with Gasteiger partial charge in [-0.25, -0.2) is 4.98 Å². The van der Waals surface area contributed by atoms with Gasteiger partial charge in [-0.3, -0.25) is 20.4 Å². The monoisotopic (exact) mass is 469 g/mol. The number of carbonyl (C=O) groups is 2. The third-order valence-corrected chi connectivity index (χ3v) is 5.42. The molecule has 3 rings (SSSR count). The lowest BCUT2D eigenvalue weighted by atomic mass is 10.1. The van der Waals surface area contributed by atoms with Crippen molar-refractivity contribution in [3.63, 3.8) is 0 Å². The minimum absolute atomic E-state index is 0.259. The Balaban J connectivity index is 1.80. The Hall–Kier alpha value is -3.59. The van der Waals surface area contributed by atoms with Gasteiger partial charge in [0.1, 0.15) is 4.88 Å². The van der Waals surface area contributed by atoms with Gasteiger partial charge in [0.15, 0.2) is 11.5 Å². The molecular formula is C24H27N3O5S. The van der Waals surface area contributed by atoms with Gasteiger partial charge in [-0.1, -0.05) is 30.3 Å². The molecule has 2 aromatic carbocycles. The highest BCUT2D eigenvalue weighted by molar-refractivity contribution is 7.14. The molecule has 33 heavy (non-hydrogen) atoms. The third kappa shape index (κ3) is 5.81. The Morgan fingerprint density at radius 1 is 0.879 bits per heavy atom. The molecule has 0 aliphatic heterocycles. The van der Waals surface area contributed by atoms with Gasteiger partial charge in [-0.2, -0.15) is 0 Å². The second-order valence-corrected chi connectivity index (χ2v) is 7.99. The molecule has 0 saturated heterocycles. The van der Waals surface area contributed by atoms with Crippen molar-refractivity contribution in [3.8, 4) is 28.5 Å². The number of aromatic nitrogens is 1. The lowest BCUT2D eigenvalue weighted by Gasteiger charge is -2.17. The van der Waals surface area contributed by atoms with Crippen molar-refractivity contribution in [2.24, 2.45) is 0 Å². The average molecular weight is 470 g/mol. The van der Waals surface area contributed by atoms with E-state index >= 15 is 0 Å². The predicted octanol–water partition coefficient (Wildman–Crippen LogP) is 4.39.